The minimum atomic E-state index is -0.365. The highest BCUT2D eigenvalue weighted by Crippen LogP contribution is 2.19. The molecule has 1 aromatic rings. The second-order valence-electron chi connectivity index (χ2n) is 5.33. The van der Waals surface area contributed by atoms with E-state index in [9.17, 15) is 9.18 Å². The van der Waals surface area contributed by atoms with Crippen LogP contribution in [0.2, 0.25) is 0 Å². The Labute approximate surface area is 126 Å². The number of ether oxygens (including phenoxy) is 1. The Morgan fingerprint density at radius 1 is 1.38 bits per heavy atom. The fraction of sp³-hybridized carbons (Fsp3) is 0.471. The first-order chi connectivity index (χ1) is 9.92. The fourth-order valence-corrected chi connectivity index (χ4v) is 1.70. The quantitative estimate of drug-likeness (QED) is 0.744. The largest absolute Gasteiger partial charge is 0.489 e. The van der Waals surface area contributed by atoms with Crippen molar-refractivity contribution in [3.63, 3.8) is 0 Å². The summed E-state index contributed by atoms with van der Waals surface area (Å²) in [6.07, 6.45) is 3.27. The van der Waals surface area contributed by atoms with Gasteiger partial charge < -0.3 is 10.1 Å². The fourth-order valence-electron chi connectivity index (χ4n) is 1.70. The smallest absolute Gasteiger partial charge is 0.155 e. The van der Waals surface area contributed by atoms with E-state index in [0.717, 1.165) is 0 Å². The molecule has 0 aliphatic rings. The van der Waals surface area contributed by atoms with Gasteiger partial charge in [0.05, 0.1) is 0 Å². The molecule has 0 saturated carbocycles. The number of ketones is 1. The predicted molar refractivity (Wildman–Crippen MR) is 84.0 cm³/mol. The Bertz CT molecular complexity index is 498. The van der Waals surface area contributed by atoms with Gasteiger partial charge in [-0.15, -0.1) is 0 Å². The van der Waals surface area contributed by atoms with Crippen LogP contribution in [0.15, 0.2) is 24.3 Å². The van der Waals surface area contributed by atoms with Gasteiger partial charge >= 0.3 is 0 Å². The number of carbonyl (C=O) groups excluding carboxylic acids is 1. The Balaban J connectivity index is 2.72. The lowest BCUT2D eigenvalue weighted by molar-refractivity contribution is -0.114. The number of carbonyl (C=O) groups is 1. The van der Waals surface area contributed by atoms with Crippen LogP contribution in [-0.4, -0.2) is 24.5 Å². The first kappa shape index (κ1) is 17.4. The lowest BCUT2D eigenvalue weighted by Crippen LogP contribution is -2.33. The SMILES string of the molecule is CCC(=O)/C=C/c1cc(O[C@@H](C)CNC(C)C)ccc1F. The van der Waals surface area contributed by atoms with Gasteiger partial charge in [-0.2, -0.15) is 0 Å². The summed E-state index contributed by atoms with van der Waals surface area (Å²) in [5.41, 5.74) is 0.360. The van der Waals surface area contributed by atoms with Gasteiger partial charge in [0.2, 0.25) is 0 Å². The monoisotopic (exact) mass is 293 g/mol. The van der Waals surface area contributed by atoms with Crippen molar-refractivity contribution < 1.29 is 13.9 Å². The van der Waals surface area contributed by atoms with Gasteiger partial charge in [0.15, 0.2) is 5.78 Å². The van der Waals surface area contributed by atoms with Gasteiger partial charge in [-0.1, -0.05) is 20.8 Å². The maximum atomic E-state index is 13.7. The van der Waals surface area contributed by atoms with E-state index in [4.69, 9.17) is 4.74 Å². The Morgan fingerprint density at radius 3 is 2.71 bits per heavy atom. The van der Waals surface area contributed by atoms with Crippen LogP contribution >= 0.6 is 0 Å². The number of halogens is 1. The van der Waals surface area contributed by atoms with E-state index in [1.807, 2.05) is 6.92 Å². The zero-order valence-electron chi connectivity index (χ0n) is 13.2. The second kappa shape index (κ2) is 8.57. The van der Waals surface area contributed by atoms with Crippen molar-refractivity contribution in [1.29, 1.82) is 0 Å². The molecule has 0 aliphatic carbocycles. The molecule has 3 nitrogen and oxygen atoms in total. The topological polar surface area (TPSA) is 38.3 Å². The van der Waals surface area contributed by atoms with Gasteiger partial charge in [0.25, 0.3) is 0 Å². The average molecular weight is 293 g/mol. The van der Waals surface area contributed by atoms with Crippen LogP contribution in [0.3, 0.4) is 0 Å². The summed E-state index contributed by atoms with van der Waals surface area (Å²) in [4.78, 5) is 11.3. The van der Waals surface area contributed by atoms with Crippen molar-refractivity contribution in [2.45, 2.75) is 46.3 Å². The summed E-state index contributed by atoms with van der Waals surface area (Å²) < 4.78 is 19.4. The van der Waals surface area contributed by atoms with E-state index in [1.54, 1.807) is 19.1 Å². The minimum Gasteiger partial charge on any atom is -0.489 e. The predicted octanol–water partition coefficient (Wildman–Crippen LogP) is 3.58. The molecule has 116 valence electrons. The van der Waals surface area contributed by atoms with Crippen molar-refractivity contribution in [3.05, 3.63) is 35.7 Å². The van der Waals surface area contributed by atoms with Gasteiger partial charge in [-0.05, 0) is 37.3 Å². The van der Waals surface area contributed by atoms with E-state index in [2.05, 4.69) is 19.2 Å². The maximum absolute atomic E-state index is 13.7. The lowest BCUT2D eigenvalue weighted by atomic mass is 10.1. The van der Waals surface area contributed by atoms with E-state index >= 15 is 0 Å². The molecule has 0 spiro atoms. The van der Waals surface area contributed by atoms with E-state index in [-0.39, 0.29) is 17.7 Å². The molecule has 0 heterocycles. The van der Waals surface area contributed by atoms with Crippen molar-refractivity contribution in [2.75, 3.05) is 6.54 Å². The molecule has 0 aromatic heterocycles. The normalized spacial score (nSPS) is 12.9. The highest BCUT2D eigenvalue weighted by atomic mass is 19.1. The molecule has 4 heteroatoms. The molecule has 1 aromatic carbocycles. The number of rotatable bonds is 8. The second-order valence-corrected chi connectivity index (χ2v) is 5.33. The Kier molecular flexibility index (Phi) is 7.09. The molecule has 0 radical (unpaired) electrons. The van der Waals surface area contributed by atoms with Crippen LogP contribution in [-0.2, 0) is 4.79 Å². The number of allylic oxidation sites excluding steroid dienone is 1. The molecule has 0 saturated heterocycles. The highest BCUT2D eigenvalue weighted by Gasteiger charge is 2.07. The molecule has 0 fully saturated rings. The number of benzene rings is 1. The number of hydrogen-bond donors (Lipinski definition) is 1. The summed E-state index contributed by atoms with van der Waals surface area (Å²) in [5, 5.41) is 3.28. The molecule has 0 unspecified atom stereocenters. The highest BCUT2D eigenvalue weighted by molar-refractivity contribution is 5.93. The van der Waals surface area contributed by atoms with Crippen molar-refractivity contribution in [2.24, 2.45) is 0 Å². The maximum Gasteiger partial charge on any atom is 0.155 e. The van der Waals surface area contributed by atoms with Crippen molar-refractivity contribution >= 4 is 11.9 Å². The van der Waals surface area contributed by atoms with Crippen LogP contribution in [0.4, 0.5) is 4.39 Å². The molecule has 0 amide bonds. The molecule has 0 bridgehead atoms. The summed E-state index contributed by atoms with van der Waals surface area (Å²) in [7, 11) is 0. The zero-order valence-corrected chi connectivity index (χ0v) is 13.2. The van der Waals surface area contributed by atoms with Crippen LogP contribution in [0.25, 0.3) is 6.08 Å². The van der Waals surface area contributed by atoms with Crippen molar-refractivity contribution in [1.82, 2.24) is 5.32 Å². The van der Waals surface area contributed by atoms with Gasteiger partial charge in [-0.25, -0.2) is 4.39 Å². The third-order valence-corrected chi connectivity index (χ3v) is 2.92. The molecular formula is C17H24FNO2. The molecule has 21 heavy (non-hydrogen) atoms. The standard InChI is InChI=1S/C17H24FNO2/c1-5-15(20)7-6-14-10-16(8-9-17(14)18)21-13(4)11-19-12(2)3/h6-10,12-13,19H,5,11H2,1-4H3/b7-6+/t13-/m0/s1. The number of nitrogens with one attached hydrogen (secondary N) is 1. The zero-order chi connectivity index (χ0) is 15.8. The molecule has 1 rings (SSSR count). The molecule has 1 atom stereocenters. The molecule has 0 aliphatic heterocycles. The summed E-state index contributed by atoms with van der Waals surface area (Å²) >= 11 is 0. The third kappa shape index (κ3) is 6.54. The van der Waals surface area contributed by atoms with Gasteiger partial charge in [-0.3, -0.25) is 4.79 Å². The van der Waals surface area contributed by atoms with Gasteiger partial charge in [0.1, 0.15) is 17.7 Å². The summed E-state index contributed by atoms with van der Waals surface area (Å²) in [6.45, 7) is 8.58. The van der Waals surface area contributed by atoms with E-state index < -0.39 is 0 Å². The van der Waals surface area contributed by atoms with Crippen LogP contribution in [0.1, 0.15) is 39.7 Å². The summed E-state index contributed by atoms with van der Waals surface area (Å²) in [5.74, 6) is 0.198. The van der Waals surface area contributed by atoms with Gasteiger partial charge in [0, 0.05) is 24.6 Å². The Hall–Kier alpha value is -1.68. The first-order valence-electron chi connectivity index (χ1n) is 7.32. The van der Waals surface area contributed by atoms with E-state index in [0.29, 0.717) is 30.3 Å². The molecule has 1 N–H and O–H groups in total. The van der Waals surface area contributed by atoms with Crippen LogP contribution < -0.4 is 10.1 Å². The lowest BCUT2D eigenvalue weighted by Gasteiger charge is -2.17. The Morgan fingerprint density at radius 2 is 2.10 bits per heavy atom. The minimum absolute atomic E-state index is 0.0213. The van der Waals surface area contributed by atoms with Crippen LogP contribution in [0.5, 0.6) is 5.75 Å². The first-order valence-corrected chi connectivity index (χ1v) is 7.32. The average Bonchev–Trinajstić information content (AvgIpc) is 2.45. The van der Waals surface area contributed by atoms with Crippen LogP contribution in [0, 0.1) is 5.82 Å². The molecular weight excluding hydrogens is 269 g/mol. The number of hydrogen-bond acceptors (Lipinski definition) is 3. The summed E-state index contributed by atoms with van der Waals surface area (Å²) in [6, 6.07) is 4.96. The third-order valence-electron chi connectivity index (χ3n) is 2.92. The van der Waals surface area contributed by atoms with E-state index in [1.165, 1.54) is 18.2 Å². The van der Waals surface area contributed by atoms with Crippen molar-refractivity contribution in [3.8, 4) is 5.75 Å².